The van der Waals surface area contributed by atoms with Gasteiger partial charge in [0, 0.05) is 29.0 Å². The van der Waals surface area contributed by atoms with Gasteiger partial charge in [-0.1, -0.05) is 48.2 Å². The predicted molar refractivity (Wildman–Crippen MR) is 119 cm³/mol. The highest BCUT2D eigenvalue weighted by Gasteiger charge is 2.22. The van der Waals surface area contributed by atoms with Crippen molar-refractivity contribution in [3.63, 3.8) is 0 Å². The zero-order valence-electron chi connectivity index (χ0n) is 15.7. The Balaban J connectivity index is 1.35. The van der Waals surface area contributed by atoms with Gasteiger partial charge in [0.2, 0.25) is 0 Å². The van der Waals surface area contributed by atoms with Gasteiger partial charge in [-0.3, -0.25) is 4.57 Å². The number of nitrogens with zero attached hydrogens (tertiary/aromatic N) is 4. The van der Waals surface area contributed by atoms with Gasteiger partial charge in [0.25, 0.3) is 0 Å². The van der Waals surface area contributed by atoms with Crippen molar-refractivity contribution in [3.8, 4) is 21.3 Å². The molecule has 1 aliphatic rings. The normalized spacial score (nSPS) is 16.5. The van der Waals surface area contributed by atoms with Gasteiger partial charge >= 0.3 is 0 Å². The van der Waals surface area contributed by atoms with Crippen LogP contribution in [-0.2, 0) is 17.0 Å². The maximum absolute atomic E-state index is 5.88. The van der Waals surface area contributed by atoms with Crippen molar-refractivity contribution < 1.29 is 4.74 Å². The van der Waals surface area contributed by atoms with Crippen molar-refractivity contribution in [2.24, 2.45) is 0 Å². The molecule has 5 rings (SSSR count). The van der Waals surface area contributed by atoms with E-state index in [4.69, 9.17) is 4.74 Å². The molecule has 148 valence electrons. The van der Waals surface area contributed by atoms with E-state index in [0.29, 0.717) is 0 Å². The molecule has 1 aromatic carbocycles. The van der Waals surface area contributed by atoms with Crippen LogP contribution in [-0.4, -0.2) is 32.5 Å². The summed E-state index contributed by atoms with van der Waals surface area (Å²) in [6, 6.07) is 14.5. The van der Waals surface area contributed by atoms with Crippen molar-refractivity contribution in [1.29, 1.82) is 0 Å². The molecule has 29 heavy (non-hydrogen) atoms. The third-order valence-corrected chi connectivity index (χ3v) is 7.90. The lowest BCUT2D eigenvalue weighted by atomic mass is 10.2. The van der Waals surface area contributed by atoms with Gasteiger partial charge in [0.15, 0.2) is 11.0 Å². The van der Waals surface area contributed by atoms with Crippen LogP contribution in [0.4, 0.5) is 0 Å². The molecule has 0 bridgehead atoms. The molecule has 1 saturated heterocycles. The molecule has 0 aliphatic carbocycles. The van der Waals surface area contributed by atoms with Crippen LogP contribution in [0.2, 0.25) is 0 Å². The first-order valence-corrected chi connectivity index (χ1v) is 12.3. The van der Waals surface area contributed by atoms with Gasteiger partial charge in [0.1, 0.15) is 5.01 Å². The fourth-order valence-electron chi connectivity index (χ4n) is 3.36. The predicted octanol–water partition coefficient (Wildman–Crippen LogP) is 5.60. The number of aromatic nitrogens is 4. The van der Waals surface area contributed by atoms with Gasteiger partial charge in [-0.25, -0.2) is 4.98 Å². The van der Waals surface area contributed by atoms with E-state index in [2.05, 4.69) is 49.4 Å². The standard InChI is InChI=1S/C21H20N4OS3/c1-2-6-15(7-3-1)20-22-12-17(29-20)14-28-21-24-23-19(18-9-5-11-27-18)25(21)13-16-8-4-10-26-16/h1-3,5-7,9,11-12,16H,4,8,10,13-14H2. The van der Waals surface area contributed by atoms with Gasteiger partial charge in [0.05, 0.1) is 17.5 Å². The number of hydrogen-bond acceptors (Lipinski definition) is 7. The van der Waals surface area contributed by atoms with Crippen LogP contribution in [0.25, 0.3) is 21.3 Å². The topological polar surface area (TPSA) is 52.8 Å². The van der Waals surface area contributed by atoms with Crippen molar-refractivity contribution in [2.45, 2.75) is 36.4 Å². The first-order valence-electron chi connectivity index (χ1n) is 9.58. The number of thiazole rings is 1. The minimum Gasteiger partial charge on any atom is -0.376 e. The zero-order valence-corrected chi connectivity index (χ0v) is 18.2. The Labute approximate surface area is 181 Å². The van der Waals surface area contributed by atoms with Crippen LogP contribution in [0.5, 0.6) is 0 Å². The second-order valence-electron chi connectivity index (χ2n) is 6.82. The third-order valence-electron chi connectivity index (χ3n) is 4.79. The molecule has 4 aromatic rings. The summed E-state index contributed by atoms with van der Waals surface area (Å²) in [6.07, 6.45) is 4.45. The van der Waals surface area contributed by atoms with Crippen LogP contribution in [0.3, 0.4) is 0 Å². The Bertz CT molecular complexity index is 1050. The molecule has 0 spiro atoms. The monoisotopic (exact) mass is 440 g/mol. The Morgan fingerprint density at radius 3 is 2.86 bits per heavy atom. The largest absolute Gasteiger partial charge is 0.376 e. The van der Waals surface area contributed by atoms with E-state index in [-0.39, 0.29) is 6.10 Å². The highest BCUT2D eigenvalue weighted by atomic mass is 32.2. The fraction of sp³-hybridized carbons (Fsp3) is 0.286. The first kappa shape index (κ1) is 19.0. The van der Waals surface area contributed by atoms with E-state index in [1.165, 1.54) is 4.88 Å². The number of thiophene rings is 1. The maximum Gasteiger partial charge on any atom is 0.191 e. The summed E-state index contributed by atoms with van der Waals surface area (Å²) >= 11 is 5.15. The van der Waals surface area contributed by atoms with Gasteiger partial charge in [-0.2, -0.15) is 0 Å². The van der Waals surface area contributed by atoms with Gasteiger partial charge < -0.3 is 4.74 Å². The number of rotatable bonds is 7. The summed E-state index contributed by atoms with van der Waals surface area (Å²) in [5.41, 5.74) is 1.16. The van der Waals surface area contributed by atoms with E-state index in [1.54, 1.807) is 34.4 Å². The fourth-order valence-corrected chi connectivity index (χ4v) is 5.97. The van der Waals surface area contributed by atoms with Crippen LogP contribution in [0.15, 0.2) is 59.2 Å². The van der Waals surface area contributed by atoms with E-state index in [1.807, 2.05) is 24.4 Å². The Kier molecular flexibility index (Phi) is 5.76. The zero-order chi connectivity index (χ0) is 19.5. The van der Waals surface area contributed by atoms with Crippen LogP contribution in [0, 0.1) is 0 Å². The highest BCUT2D eigenvalue weighted by molar-refractivity contribution is 7.98. The first-order chi connectivity index (χ1) is 14.4. The molecule has 0 amide bonds. The van der Waals surface area contributed by atoms with Gasteiger partial charge in [-0.05, 0) is 24.3 Å². The van der Waals surface area contributed by atoms with Gasteiger partial charge in [-0.15, -0.1) is 32.9 Å². The summed E-state index contributed by atoms with van der Waals surface area (Å²) in [6.45, 7) is 1.66. The molecular formula is C21H20N4OS3. The maximum atomic E-state index is 5.88. The summed E-state index contributed by atoms with van der Waals surface area (Å²) in [5.74, 6) is 1.77. The molecule has 0 radical (unpaired) electrons. The number of benzene rings is 1. The lowest BCUT2D eigenvalue weighted by Gasteiger charge is -2.14. The molecule has 0 N–H and O–H groups in total. The molecule has 1 aliphatic heterocycles. The minimum absolute atomic E-state index is 0.247. The van der Waals surface area contributed by atoms with E-state index < -0.39 is 0 Å². The third kappa shape index (κ3) is 4.30. The average molecular weight is 441 g/mol. The molecule has 1 unspecified atom stereocenters. The van der Waals surface area contributed by atoms with E-state index >= 15 is 0 Å². The summed E-state index contributed by atoms with van der Waals surface area (Å²) in [7, 11) is 0. The molecule has 8 heteroatoms. The second-order valence-corrected chi connectivity index (χ2v) is 9.82. The SMILES string of the molecule is c1ccc(-c2ncc(CSc3nnc(-c4cccs4)n3CC3CCCO3)s2)cc1. The minimum atomic E-state index is 0.247. The Hall–Kier alpha value is -2.00. The van der Waals surface area contributed by atoms with Crippen molar-refractivity contribution in [3.05, 3.63) is 58.9 Å². The smallest absolute Gasteiger partial charge is 0.191 e. The molecular weight excluding hydrogens is 420 g/mol. The number of thioether (sulfide) groups is 1. The van der Waals surface area contributed by atoms with E-state index in [9.17, 15) is 0 Å². The lowest BCUT2D eigenvalue weighted by molar-refractivity contribution is 0.0953. The Morgan fingerprint density at radius 2 is 2.07 bits per heavy atom. The average Bonchev–Trinajstić information content (AvgIpc) is 3.54. The summed E-state index contributed by atoms with van der Waals surface area (Å²) in [5, 5.41) is 13.1. The number of ether oxygens (including phenoxy) is 1. The quantitative estimate of drug-likeness (QED) is 0.350. The molecule has 3 aromatic heterocycles. The molecule has 1 fully saturated rings. The molecule has 0 saturated carbocycles. The second kappa shape index (κ2) is 8.79. The molecule has 4 heterocycles. The van der Waals surface area contributed by atoms with Crippen LogP contribution >= 0.6 is 34.4 Å². The lowest BCUT2D eigenvalue weighted by Crippen LogP contribution is -2.16. The molecule has 5 nitrogen and oxygen atoms in total. The number of hydrogen-bond donors (Lipinski definition) is 0. The van der Waals surface area contributed by atoms with Crippen molar-refractivity contribution in [2.75, 3.05) is 6.61 Å². The van der Waals surface area contributed by atoms with Crippen molar-refractivity contribution >= 4 is 34.4 Å². The van der Waals surface area contributed by atoms with Crippen LogP contribution in [0.1, 0.15) is 17.7 Å². The summed E-state index contributed by atoms with van der Waals surface area (Å²) < 4.78 is 8.11. The highest BCUT2D eigenvalue weighted by Crippen LogP contribution is 2.32. The Morgan fingerprint density at radius 1 is 1.14 bits per heavy atom. The summed E-state index contributed by atoms with van der Waals surface area (Å²) in [4.78, 5) is 6.97. The molecule has 1 atom stereocenters. The van der Waals surface area contributed by atoms with Crippen molar-refractivity contribution in [1.82, 2.24) is 19.7 Å². The van der Waals surface area contributed by atoms with E-state index in [0.717, 1.165) is 58.2 Å². The van der Waals surface area contributed by atoms with Crippen LogP contribution < -0.4 is 0 Å².